The average molecular weight is 491 g/mol. The molecule has 2 aliphatic carbocycles. The summed E-state index contributed by atoms with van der Waals surface area (Å²) in [6, 6.07) is 5.47. The molecule has 34 heavy (non-hydrogen) atoms. The zero-order chi connectivity index (χ0) is 24.5. The Morgan fingerprint density at radius 1 is 1.12 bits per heavy atom. The van der Waals surface area contributed by atoms with Gasteiger partial charge in [0.2, 0.25) is 15.9 Å². The van der Waals surface area contributed by atoms with E-state index < -0.39 is 15.8 Å². The Balaban J connectivity index is 1.42. The standard InChI is InChI=1S/C25H35FN4O3S/c1-18(2)28-11-13-29(14-12-28)25(31)20-5-7-22(8-6-20)30(17-19-3-4-19)34(32,33)23-9-10-24(26)21(15-23)16-27/h9-10,15,18-20,22H,3-8,11-14,17H2,1-2H3. The highest BCUT2D eigenvalue weighted by Crippen LogP contribution is 2.37. The van der Waals surface area contributed by atoms with Crippen LogP contribution >= 0.6 is 0 Å². The van der Waals surface area contributed by atoms with Gasteiger partial charge in [0.25, 0.3) is 0 Å². The molecule has 1 aromatic carbocycles. The molecular formula is C25H35FN4O3S. The second-order valence-electron chi connectivity index (χ2n) is 10.2. The van der Waals surface area contributed by atoms with Gasteiger partial charge in [0, 0.05) is 50.7 Å². The quantitative estimate of drug-likeness (QED) is 0.586. The predicted molar refractivity (Wildman–Crippen MR) is 127 cm³/mol. The van der Waals surface area contributed by atoms with Crippen LogP contribution in [-0.2, 0) is 14.8 Å². The van der Waals surface area contributed by atoms with Gasteiger partial charge in [-0.15, -0.1) is 0 Å². The fourth-order valence-corrected chi connectivity index (χ4v) is 7.00. The summed E-state index contributed by atoms with van der Waals surface area (Å²) in [5, 5.41) is 9.14. The molecule has 0 N–H and O–H groups in total. The van der Waals surface area contributed by atoms with E-state index in [1.165, 1.54) is 6.07 Å². The van der Waals surface area contributed by atoms with E-state index in [4.69, 9.17) is 5.26 Å². The highest BCUT2D eigenvalue weighted by atomic mass is 32.2. The van der Waals surface area contributed by atoms with Crippen LogP contribution in [-0.4, -0.2) is 73.2 Å². The smallest absolute Gasteiger partial charge is 0.243 e. The summed E-state index contributed by atoms with van der Waals surface area (Å²) in [5.74, 6) is -0.218. The Labute approximate surface area is 202 Å². The molecule has 1 heterocycles. The number of rotatable bonds is 7. The summed E-state index contributed by atoms with van der Waals surface area (Å²) in [4.78, 5) is 17.4. The molecule has 0 radical (unpaired) electrons. The Bertz CT molecular complexity index is 1030. The number of carbonyl (C=O) groups is 1. The number of sulfonamides is 1. The van der Waals surface area contributed by atoms with E-state index in [-0.39, 0.29) is 28.3 Å². The van der Waals surface area contributed by atoms with Crippen molar-refractivity contribution in [3.05, 3.63) is 29.6 Å². The summed E-state index contributed by atoms with van der Waals surface area (Å²) in [6.07, 6.45) is 4.65. The normalized spacial score (nSPS) is 24.4. The molecule has 0 atom stereocenters. The summed E-state index contributed by atoms with van der Waals surface area (Å²) >= 11 is 0. The van der Waals surface area contributed by atoms with E-state index in [0.29, 0.717) is 44.2 Å². The van der Waals surface area contributed by atoms with E-state index in [1.54, 1.807) is 10.4 Å². The highest BCUT2D eigenvalue weighted by Gasteiger charge is 2.40. The van der Waals surface area contributed by atoms with Gasteiger partial charge in [0.15, 0.2) is 0 Å². The van der Waals surface area contributed by atoms with Crippen LogP contribution in [0.2, 0.25) is 0 Å². The lowest BCUT2D eigenvalue weighted by molar-refractivity contribution is -0.138. The first-order chi connectivity index (χ1) is 16.2. The first-order valence-electron chi connectivity index (χ1n) is 12.4. The summed E-state index contributed by atoms with van der Waals surface area (Å²) in [7, 11) is -3.86. The van der Waals surface area contributed by atoms with Crippen molar-refractivity contribution in [1.82, 2.24) is 14.1 Å². The molecule has 1 aliphatic heterocycles. The third-order valence-corrected chi connectivity index (χ3v) is 9.52. The fourth-order valence-electron chi connectivity index (χ4n) is 5.21. The third-order valence-electron chi connectivity index (χ3n) is 7.61. The minimum Gasteiger partial charge on any atom is -0.340 e. The predicted octanol–water partition coefficient (Wildman–Crippen LogP) is 3.21. The van der Waals surface area contributed by atoms with E-state index in [1.807, 2.05) is 4.90 Å². The van der Waals surface area contributed by atoms with Gasteiger partial charge in [-0.3, -0.25) is 9.69 Å². The van der Waals surface area contributed by atoms with Gasteiger partial charge in [0.05, 0.1) is 10.5 Å². The average Bonchev–Trinajstić information content (AvgIpc) is 3.67. The molecule has 1 aromatic rings. The molecular weight excluding hydrogens is 455 g/mol. The number of carbonyl (C=O) groups excluding carboxylic acids is 1. The topological polar surface area (TPSA) is 84.7 Å². The molecule has 3 aliphatic rings. The van der Waals surface area contributed by atoms with Crippen molar-refractivity contribution in [1.29, 1.82) is 5.26 Å². The van der Waals surface area contributed by atoms with Gasteiger partial charge in [-0.2, -0.15) is 9.57 Å². The van der Waals surface area contributed by atoms with E-state index in [9.17, 15) is 17.6 Å². The molecule has 186 valence electrons. The zero-order valence-electron chi connectivity index (χ0n) is 20.1. The molecule has 9 heteroatoms. The van der Waals surface area contributed by atoms with Gasteiger partial charge >= 0.3 is 0 Å². The van der Waals surface area contributed by atoms with Crippen molar-refractivity contribution in [2.24, 2.45) is 11.8 Å². The van der Waals surface area contributed by atoms with Crippen LogP contribution in [0.4, 0.5) is 4.39 Å². The summed E-state index contributed by atoms with van der Waals surface area (Å²) < 4.78 is 42.4. The summed E-state index contributed by atoms with van der Waals surface area (Å²) in [6.45, 7) is 8.10. The van der Waals surface area contributed by atoms with Gasteiger partial charge in [-0.05, 0) is 76.5 Å². The van der Waals surface area contributed by atoms with Crippen LogP contribution < -0.4 is 0 Å². The van der Waals surface area contributed by atoms with Crippen molar-refractivity contribution in [2.75, 3.05) is 32.7 Å². The second-order valence-corrected chi connectivity index (χ2v) is 12.1. The van der Waals surface area contributed by atoms with Crippen LogP contribution in [0, 0.1) is 29.0 Å². The van der Waals surface area contributed by atoms with Gasteiger partial charge in [0.1, 0.15) is 11.9 Å². The maximum absolute atomic E-state index is 13.8. The van der Waals surface area contributed by atoms with Crippen LogP contribution in [0.1, 0.15) is 57.9 Å². The van der Waals surface area contributed by atoms with E-state index in [2.05, 4.69) is 18.7 Å². The maximum Gasteiger partial charge on any atom is 0.243 e. The van der Waals surface area contributed by atoms with Crippen LogP contribution in [0.5, 0.6) is 0 Å². The number of nitriles is 1. The van der Waals surface area contributed by atoms with Crippen LogP contribution in [0.3, 0.4) is 0 Å². The first kappa shape index (κ1) is 25.1. The Morgan fingerprint density at radius 2 is 1.76 bits per heavy atom. The lowest BCUT2D eigenvalue weighted by atomic mass is 9.85. The van der Waals surface area contributed by atoms with Crippen LogP contribution in [0.25, 0.3) is 0 Å². The lowest BCUT2D eigenvalue weighted by Gasteiger charge is -2.40. The molecule has 0 unspecified atom stereocenters. The maximum atomic E-state index is 13.8. The number of amides is 1. The molecule has 4 rings (SSSR count). The van der Waals surface area contributed by atoms with Crippen molar-refractivity contribution >= 4 is 15.9 Å². The SMILES string of the molecule is CC(C)N1CCN(C(=O)C2CCC(N(CC3CC3)S(=O)(=O)c3ccc(F)c(C#N)c3)CC2)CC1. The molecule has 3 fully saturated rings. The van der Waals surface area contributed by atoms with Gasteiger partial charge in [-0.1, -0.05) is 0 Å². The minimum absolute atomic E-state index is 0.0349. The zero-order valence-corrected chi connectivity index (χ0v) is 20.9. The van der Waals surface area contributed by atoms with Gasteiger partial charge < -0.3 is 4.90 Å². The fraction of sp³-hybridized carbons (Fsp3) is 0.680. The number of hydrogen-bond acceptors (Lipinski definition) is 5. The Kier molecular flexibility index (Phi) is 7.60. The number of piperazine rings is 1. The number of benzene rings is 1. The number of halogens is 1. The molecule has 1 saturated heterocycles. The molecule has 7 nitrogen and oxygen atoms in total. The highest BCUT2D eigenvalue weighted by molar-refractivity contribution is 7.89. The molecule has 0 aromatic heterocycles. The largest absolute Gasteiger partial charge is 0.340 e. The van der Waals surface area contributed by atoms with Crippen molar-refractivity contribution in [3.63, 3.8) is 0 Å². The second kappa shape index (κ2) is 10.3. The van der Waals surface area contributed by atoms with Crippen molar-refractivity contribution in [2.45, 2.75) is 69.4 Å². The minimum atomic E-state index is -3.86. The summed E-state index contributed by atoms with van der Waals surface area (Å²) in [5.41, 5.74) is -0.265. The molecule has 0 bridgehead atoms. The Hall–Kier alpha value is -2.02. The molecule has 2 saturated carbocycles. The van der Waals surface area contributed by atoms with Crippen molar-refractivity contribution in [3.8, 4) is 6.07 Å². The lowest BCUT2D eigenvalue weighted by Crippen LogP contribution is -2.52. The van der Waals surface area contributed by atoms with E-state index in [0.717, 1.165) is 51.2 Å². The first-order valence-corrected chi connectivity index (χ1v) is 13.9. The van der Waals surface area contributed by atoms with Gasteiger partial charge in [-0.25, -0.2) is 12.8 Å². The third kappa shape index (κ3) is 5.45. The number of nitrogens with zero attached hydrogens (tertiary/aromatic N) is 4. The molecule has 1 amide bonds. The number of hydrogen-bond donors (Lipinski definition) is 0. The molecule has 0 spiro atoms. The van der Waals surface area contributed by atoms with Crippen LogP contribution in [0.15, 0.2) is 23.1 Å². The van der Waals surface area contributed by atoms with E-state index >= 15 is 0 Å². The van der Waals surface area contributed by atoms with Crippen molar-refractivity contribution < 1.29 is 17.6 Å². The monoisotopic (exact) mass is 490 g/mol. The Morgan fingerprint density at radius 3 is 2.32 bits per heavy atom.